The highest BCUT2D eigenvalue weighted by atomic mass is 32.2. The zero-order valence-corrected chi connectivity index (χ0v) is 16.8. The van der Waals surface area contributed by atoms with E-state index in [9.17, 15) is 24.3 Å². The minimum absolute atomic E-state index is 0.302. The fourth-order valence-corrected chi connectivity index (χ4v) is 2.49. The van der Waals surface area contributed by atoms with Crippen LogP contribution in [0.2, 0.25) is 0 Å². The van der Waals surface area contributed by atoms with Gasteiger partial charge in [-0.2, -0.15) is 11.8 Å². The molecule has 0 rings (SSSR count). The fraction of sp³-hybridized carbons (Fsp3) is 0.750. The number of thioether (sulfide) groups is 1. The summed E-state index contributed by atoms with van der Waals surface area (Å²) in [6.45, 7) is 4.23. The third kappa shape index (κ3) is 9.59. The molecule has 3 amide bonds. The summed E-state index contributed by atoms with van der Waals surface area (Å²) in [7, 11) is 0. The molecule has 0 saturated carbocycles. The van der Waals surface area contributed by atoms with Crippen molar-refractivity contribution in [2.45, 2.75) is 51.4 Å². The minimum atomic E-state index is -1.18. The second-order valence-corrected chi connectivity index (χ2v) is 7.44. The van der Waals surface area contributed by atoms with E-state index in [0.29, 0.717) is 12.2 Å². The Kier molecular flexibility index (Phi) is 11.7. The monoisotopic (exact) mass is 406 g/mol. The topological polar surface area (TPSA) is 171 Å². The molecule has 0 aromatic rings. The van der Waals surface area contributed by atoms with Gasteiger partial charge in [0, 0.05) is 0 Å². The number of rotatable bonds is 12. The van der Waals surface area contributed by atoms with Gasteiger partial charge in [0.25, 0.3) is 0 Å². The van der Waals surface area contributed by atoms with Crippen molar-refractivity contribution in [1.82, 2.24) is 16.0 Å². The Hall–Kier alpha value is -1.85. The molecule has 0 aliphatic rings. The Morgan fingerprint density at radius 2 is 1.67 bits per heavy atom. The fourth-order valence-electron chi connectivity index (χ4n) is 2.02. The molecule has 0 radical (unpaired) electrons. The standard InChI is InChI=1S/C16H30N4O6S/c1-8(2)13(16(25)26)20-11(22)7-18-14(23)10(5-6-27-4)19-15(24)12(17)9(3)21/h8-10,12-13,21H,5-7,17H2,1-4H3,(H,18,23)(H,19,24)(H,20,22)(H,25,26). The molecular weight excluding hydrogens is 376 g/mol. The van der Waals surface area contributed by atoms with E-state index in [2.05, 4.69) is 16.0 Å². The maximum Gasteiger partial charge on any atom is 0.326 e. The molecule has 0 fully saturated rings. The number of carboxylic acid groups (broad SMARTS) is 1. The van der Waals surface area contributed by atoms with Crippen LogP contribution in [0.4, 0.5) is 0 Å². The first-order chi connectivity index (χ1) is 12.5. The molecule has 11 heteroatoms. The molecule has 4 unspecified atom stereocenters. The number of aliphatic carboxylic acids is 1. The normalized spacial score (nSPS) is 15.4. The summed E-state index contributed by atoms with van der Waals surface area (Å²) in [6, 6.07) is -3.17. The lowest BCUT2D eigenvalue weighted by Gasteiger charge is -2.22. The first-order valence-electron chi connectivity index (χ1n) is 8.54. The van der Waals surface area contributed by atoms with Crippen molar-refractivity contribution in [1.29, 1.82) is 0 Å². The molecular formula is C16H30N4O6S. The predicted molar refractivity (Wildman–Crippen MR) is 102 cm³/mol. The zero-order valence-electron chi connectivity index (χ0n) is 16.0. The van der Waals surface area contributed by atoms with Crippen molar-refractivity contribution in [2.75, 3.05) is 18.6 Å². The average Bonchev–Trinajstić information content (AvgIpc) is 2.59. The summed E-state index contributed by atoms with van der Waals surface area (Å²) in [4.78, 5) is 47.3. The van der Waals surface area contributed by atoms with Crippen LogP contribution < -0.4 is 21.7 Å². The van der Waals surface area contributed by atoms with Gasteiger partial charge in [-0.15, -0.1) is 0 Å². The molecule has 0 saturated heterocycles. The number of nitrogens with one attached hydrogen (secondary N) is 3. The van der Waals surface area contributed by atoms with E-state index in [1.54, 1.807) is 13.8 Å². The molecule has 4 atom stereocenters. The Balaban J connectivity index is 4.78. The molecule has 156 valence electrons. The Labute approximate surface area is 163 Å². The van der Waals surface area contributed by atoms with Crippen LogP contribution in [0.15, 0.2) is 0 Å². The lowest BCUT2D eigenvalue weighted by Crippen LogP contribution is -2.55. The SMILES string of the molecule is CSCCC(NC(=O)C(N)C(C)O)C(=O)NCC(=O)NC(C(=O)O)C(C)C. The Morgan fingerprint density at radius 1 is 1.07 bits per heavy atom. The molecule has 0 aromatic carbocycles. The smallest absolute Gasteiger partial charge is 0.326 e. The van der Waals surface area contributed by atoms with Crippen molar-refractivity contribution < 1.29 is 29.4 Å². The van der Waals surface area contributed by atoms with Crippen LogP contribution in [0.1, 0.15) is 27.2 Å². The highest BCUT2D eigenvalue weighted by Crippen LogP contribution is 2.03. The molecule has 0 spiro atoms. The molecule has 0 aromatic heterocycles. The number of hydrogen-bond acceptors (Lipinski definition) is 7. The van der Waals surface area contributed by atoms with Crippen LogP contribution in [-0.4, -0.2) is 76.7 Å². The molecule has 0 aliphatic heterocycles. The second kappa shape index (κ2) is 12.5. The lowest BCUT2D eigenvalue weighted by atomic mass is 10.0. The number of aliphatic hydroxyl groups excluding tert-OH is 1. The van der Waals surface area contributed by atoms with Crippen LogP contribution in [0, 0.1) is 5.92 Å². The van der Waals surface area contributed by atoms with Gasteiger partial charge in [0.2, 0.25) is 17.7 Å². The number of hydrogen-bond donors (Lipinski definition) is 6. The Bertz CT molecular complexity index is 529. The number of carbonyl (C=O) groups excluding carboxylic acids is 3. The number of carboxylic acids is 1. The first kappa shape index (κ1) is 25.1. The highest BCUT2D eigenvalue weighted by molar-refractivity contribution is 7.98. The van der Waals surface area contributed by atoms with Crippen LogP contribution in [-0.2, 0) is 19.2 Å². The van der Waals surface area contributed by atoms with Gasteiger partial charge in [0.1, 0.15) is 18.1 Å². The molecule has 0 aliphatic carbocycles. The highest BCUT2D eigenvalue weighted by Gasteiger charge is 2.27. The van der Waals surface area contributed by atoms with E-state index in [-0.39, 0.29) is 5.92 Å². The van der Waals surface area contributed by atoms with E-state index in [0.717, 1.165) is 0 Å². The molecule has 27 heavy (non-hydrogen) atoms. The minimum Gasteiger partial charge on any atom is -0.480 e. The number of carbonyl (C=O) groups is 4. The van der Waals surface area contributed by atoms with E-state index in [4.69, 9.17) is 10.8 Å². The van der Waals surface area contributed by atoms with Crippen molar-refractivity contribution >= 4 is 35.5 Å². The van der Waals surface area contributed by atoms with Crippen LogP contribution in [0.25, 0.3) is 0 Å². The van der Waals surface area contributed by atoms with Crippen molar-refractivity contribution in [2.24, 2.45) is 11.7 Å². The van der Waals surface area contributed by atoms with Gasteiger partial charge in [0.15, 0.2) is 0 Å². The van der Waals surface area contributed by atoms with Crippen LogP contribution >= 0.6 is 11.8 Å². The summed E-state index contributed by atoms with van der Waals surface area (Å²) in [5.74, 6) is -2.84. The summed E-state index contributed by atoms with van der Waals surface area (Å²) in [5, 5.41) is 25.6. The van der Waals surface area contributed by atoms with Crippen LogP contribution in [0.5, 0.6) is 0 Å². The van der Waals surface area contributed by atoms with Crippen LogP contribution in [0.3, 0.4) is 0 Å². The third-order valence-electron chi connectivity index (χ3n) is 3.74. The lowest BCUT2D eigenvalue weighted by molar-refractivity contribution is -0.143. The van der Waals surface area contributed by atoms with E-state index in [1.165, 1.54) is 18.7 Å². The average molecular weight is 407 g/mol. The van der Waals surface area contributed by atoms with Gasteiger partial charge in [-0.3, -0.25) is 14.4 Å². The van der Waals surface area contributed by atoms with Gasteiger partial charge in [-0.05, 0) is 31.3 Å². The molecule has 0 bridgehead atoms. The second-order valence-electron chi connectivity index (χ2n) is 6.45. The quantitative estimate of drug-likeness (QED) is 0.222. The molecule has 7 N–H and O–H groups in total. The summed E-state index contributed by atoms with van der Waals surface area (Å²) >= 11 is 1.47. The van der Waals surface area contributed by atoms with E-state index < -0.39 is 54.5 Å². The Morgan fingerprint density at radius 3 is 2.11 bits per heavy atom. The van der Waals surface area contributed by atoms with Gasteiger partial charge in [0.05, 0.1) is 12.6 Å². The molecule has 10 nitrogen and oxygen atoms in total. The largest absolute Gasteiger partial charge is 0.480 e. The van der Waals surface area contributed by atoms with Gasteiger partial charge in [-0.1, -0.05) is 13.8 Å². The summed E-state index contributed by atoms with van der Waals surface area (Å²) < 4.78 is 0. The van der Waals surface area contributed by atoms with E-state index >= 15 is 0 Å². The predicted octanol–water partition coefficient (Wildman–Crippen LogP) is -1.73. The zero-order chi connectivity index (χ0) is 21.1. The summed E-state index contributed by atoms with van der Waals surface area (Å²) in [6.07, 6.45) is 1.06. The van der Waals surface area contributed by atoms with Gasteiger partial charge >= 0.3 is 5.97 Å². The molecule has 0 heterocycles. The number of aliphatic hydroxyl groups is 1. The van der Waals surface area contributed by atoms with Crippen molar-refractivity contribution in [3.8, 4) is 0 Å². The maximum absolute atomic E-state index is 12.3. The van der Waals surface area contributed by atoms with E-state index in [1.807, 2.05) is 6.26 Å². The summed E-state index contributed by atoms with van der Waals surface area (Å²) in [5.41, 5.74) is 5.55. The van der Waals surface area contributed by atoms with Gasteiger partial charge < -0.3 is 31.9 Å². The first-order valence-corrected chi connectivity index (χ1v) is 9.93. The van der Waals surface area contributed by atoms with Crippen molar-refractivity contribution in [3.05, 3.63) is 0 Å². The number of nitrogens with two attached hydrogens (primary N) is 1. The number of amides is 3. The third-order valence-corrected chi connectivity index (χ3v) is 4.38. The maximum atomic E-state index is 12.3. The van der Waals surface area contributed by atoms with Gasteiger partial charge in [-0.25, -0.2) is 4.79 Å². The van der Waals surface area contributed by atoms with Crippen molar-refractivity contribution in [3.63, 3.8) is 0 Å².